The van der Waals surface area contributed by atoms with Crippen LogP contribution >= 0.6 is 34.2 Å². The quantitative estimate of drug-likeness (QED) is 0.308. The van der Waals surface area contributed by atoms with E-state index < -0.39 is 38.1 Å². The molecule has 1 aliphatic rings. The monoisotopic (exact) mass is 532 g/mol. The van der Waals surface area contributed by atoms with Crippen molar-refractivity contribution < 1.29 is 26.4 Å². The van der Waals surface area contributed by atoms with Crippen LogP contribution in [0.15, 0.2) is 29.2 Å². The van der Waals surface area contributed by atoms with Gasteiger partial charge in [-0.1, -0.05) is 16.5 Å². The Morgan fingerprint density at radius 3 is 2.52 bits per heavy atom. The first kappa shape index (κ1) is 20.6. The van der Waals surface area contributed by atoms with E-state index in [1.54, 1.807) is 6.07 Å². The highest BCUT2D eigenvalue weighted by molar-refractivity contribution is 14.1. The molecule has 2 aromatic carbocycles. The van der Waals surface area contributed by atoms with Gasteiger partial charge in [0.15, 0.2) is 17.5 Å². The van der Waals surface area contributed by atoms with Crippen molar-refractivity contribution in [1.29, 1.82) is 0 Å². The van der Waals surface area contributed by atoms with E-state index in [2.05, 4.69) is 5.32 Å². The summed E-state index contributed by atoms with van der Waals surface area (Å²) in [5, 5.41) is 2.58. The highest BCUT2D eigenvalue weighted by atomic mass is 127. The maximum Gasteiger partial charge on any atom is 0.264 e. The molecule has 0 unspecified atom stereocenters. The van der Waals surface area contributed by atoms with E-state index in [4.69, 9.17) is 16.4 Å². The third-order valence-electron chi connectivity index (χ3n) is 3.79. The summed E-state index contributed by atoms with van der Waals surface area (Å²) in [6.45, 7) is 0.136. The number of anilines is 2. The third-order valence-corrected chi connectivity index (χ3v) is 6.01. The maximum absolute atomic E-state index is 14.4. The smallest absolute Gasteiger partial charge is 0.264 e. The summed E-state index contributed by atoms with van der Waals surface area (Å²) in [6.07, 6.45) is 1.83. The van der Waals surface area contributed by atoms with Crippen molar-refractivity contribution >= 4 is 55.6 Å². The highest BCUT2D eigenvalue weighted by Gasteiger charge is 2.29. The predicted octanol–water partition coefficient (Wildman–Crippen LogP) is 4.73. The topological polar surface area (TPSA) is 67.4 Å². The normalized spacial score (nSPS) is 14.4. The largest absolute Gasteiger partial charge is 0.351 e. The number of halogens is 5. The summed E-state index contributed by atoms with van der Waals surface area (Å²) in [6, 6.07) is 4.99. The van der Waals surface area contributed by atoms with Gasteiger partial charge < -0.3 is 5.32 Å². The molecule has 0 amide bonds. The minimum atomic E-state index is -4.49. The van der Waals surface area contributed by atoms with Gasteiger partial charge in [0.2, 0.25) is 0 Å². The summed E-state index contributed by atoms with van der Waals surface area (Å²) < 4.78 is 67.4. The van der Waals surface area contributed by atoms with Crippen LogP contribution in [-0.2, 0) is 14.9 Å². The molecule has 0 saturated heterocycles. The minimum Gasteiger partial charge on any atom is -0.351 e. The molecule has 2 aromatic rings. The number of benzene rings is 2. The standard InChI is InChI=1S/C16H13ClF3IN2O3S/c17-10-5-9(21)3-4-12(10)22-16-13(6-11(18)14(19)15(16)20)27(24,25)23-26-7-8-1-2-8/h3-6,8,22-23H,1-2,7H2. The van der Waals surface area contributed by atoms with E-state index in [1.165, 1.54) is 12.1 Å². The van der Waals surface area contributed by atoms with Crippen LogP contribution in [0.1, 0.15) is 12.8 Å². The second-order valence-corrected chi connectivity index (χ2v) is 9.22. The second-order valence-electron chi connectivity index (χ2n) is 5.95. The molecule has 0 bridgehead atoms. The van der Waals surface area contributed by atoms with E-state index >= 15 is 0 Å². The lowest BCUT2D eigenvalue weighted by molar-refractivity contribution is 0.0844. The van der Waals surface area contributed by atoms with Crippen molar-refractivity contribution in [3.8, 4) is 0 Å². The molecule has 5 nitrogen and oxygen atoms in total. The van der Waals surface area contributed by atoms with Crippen LogP contribution in [0.2, 0.25) is 5.02 Å². The van der Waals surface area contributed by atoms with Gasteiger partial charge in [-0.2, -0.15) is 0 Å². The van der Waals surface area contributed by atoms with E-state index in [9.17, 15) is 21.6 Å². The van der Waals surface area contributed by atoms with Gasteiger partial charge in [0.1, 0.15) is 4.90 Å². The van der Waals surface area contributed by atoms with Crippen LogP contribution in [-0.4, -0.2) is 15.0 Å². The van der Waals surface area contributed by atoms with Gasteiger partial charge in [-0.15, -0.1) is 0 Å². The number of hydrogen-bond donors (Lipinski definition) is 2. The zero-order chi connectivity index (χ0) is 19.8. The molecule has 27 heavy (non-hydrogen) atoms. The van der Waals surface area contributed by atoms with Crippen LogP contribution in [0.25, 0.3) is 0 Å². The predicted molar refractivity (Wildman–Crippen MR) is 103 cm³/mol. The van der Waals surface area contributed by atoms with Crippen LogP contribution in [0.5, 0.6) is 0 Å². The fourth-order valence-corrected chi connectivity index (χ4v) is 4.07. The van der Waals surface area contributed by atoms with Crippen molar-refractivity contribution in [3.05, 3.63) is 50.3 Å². The minimum absolute atomic E-state index is 0.123. The molecule has 1 fully saturated rings. The molecule has 2 N–H and O–H groups in total. The molecule has 0 aromatic heterocycles. The number of nitrogens with one attached hydrogen (secondary N) is 2. The summed E-state index contributed by atoms with van der Waals surface area (Å²) >= 11 is 8.04. The van der Waals surface area contributed by atoms with Gasteiger partial charge in [-0.05, 0) is 65.6 Å². The molecule has 11 heteroatoms. The van der Waals surface area contributed by atoms with E-state index in [0.29, 0.717) is 6.07 Å². The zero-order valence-corrected chi connectivity index (χ0v) is 17.3. The highest BCUT2D eigenvalue weighted by Crippen LogP contribution is 2.34. The van der Waals surface area contributed by atoms with Crippen molar-refractivity contribution in [3.63, 3.8) is 0 Å². The first-order chi connectivity index (χ1) is 12.7. The molecular weight excluding hydrogens is 520 g/mol. The number of sulfonamides is 1. The van der Waals surface area contributed by atoms with E-state index in [1.807, 2.05) is 27.5 Å². The zero-order valence-electron chi connectivity index (χ0n) is 13.5. The Bertz CT molecular complexity index is 987. The Morgan fingerprint density at radius 2 is 1.89 bits per heavy atom. The van der Waals surface area contributed by atoms with E-state index in [0.717, 1.165) is 16.4 Å². The van der Waals surface area contributed by atoms with E-state index in [-0.39, 0.29) is 23.2 Å². The Kier molecular flexibility index (Phi) is 6.21. The maximum atomic E-state index is 14.4. The fraction of sp³-hybridized carbons (Fsp3) is 0.250. The summed E-state index contributed by atoms with van der Waals surface area (Å²) in [5.41, 5.74) is -0.656. The summed E-state index contributed by atoms with van der Waals surface area (Å²) in [5.74, 6) is -4.89. The Hall–Kier alpha value is -1.08. The van der Waals surface area contributed by atoms with Crippen LogP contribution in [0, 0.1) is 26.9 Å². The number of rotatable bonds is 7. The van der Waals surface area contributed by atoms with Crippen LogP contribution in [0.4, 0.5) is 24.5 Å². The van der Waals surface area contributed by atoms with Gasteiger partial charge in [-0.3, -0.25) is 4.84 Å². The Labute approximate surface area is 172 Å². The van der Waals surface area contributed by atoms with Crippen molar-refractivity contribution in [1.82, 2.24) is 4.89 Å². The lowest BCUT2D eigenvalue weighted by Crippen LogP contribution is -2.26. The second kappa shape index (κ2) is 8.11. The lowest BCUT2D eigenvalue weighted by atomic mass is 10.2. The first-order valence-corrected chi connectivity index (χ1v) is 10.7. The molecule has 1 aliphatic carbocycles. The van der Waals surface area contributed by atoms with Gasteiger partial charge in [0.05, 0.1) is 23.0 Å². The first-order valence-electron chi connectivity index (χ1n) is 7.72. The van der Waals surface area contributed by atoms with Crippen molar-refractivity contribution in [2.45, 2.75) is 17.7 Å². The fourth-order valence-electron chi connectivity index (χ4n) is 2.19. The van der Waals surface area contributed by atoms with Gasteiger partial charge in [0.25, 0.3) is 10.0 Å². The van der Waals surface area contributed by atoms with Crippen molar-refractivity contribution in [2.24, 2.45) is 5.92 Å². The molecule has 0 spiro atoms. The number of hydrogen-bond acceptors (Lipinski definition) is 4. The third kappa shape index (κ3) is 4.86. The molecule has 0 aliphatic heterocycles. The van der Waals surface area contributed by atoms with Gasteiger partial charge in [-0.25, -0.2) is 21.6 Å². The molecule has 0 atom stereocenters. The molecule has 0 heterocycles. The summed E-state index contributed by atoms with van der Waals surface area (Å²) in [7, 11) is -4.49. The van der Waals surface area contributed by atoms with Crippen LogP contribution in [0.3, 0.4) is 0 Å². The van der Waals surface area contributed by atoms with Gasteiger partial charge in [0, 0.05) is 3.57 Å². The molecule has 0 radical (unpaired) electrons. The average Bonchev–Trinajstić information content (AvgIpc) is 3.41. The summed E-state index contributed by atoms with van der Waals surface area (Å²) in [4.78, 5) is 5.87. The lowest BCUT2D eigenvalue weighted by Gasteiger charge is -2.16. The molecule has 3 rings (SSSR count). The molecular formula is C16H13ClF3IN2O3S. The molecule has 1 saturated carbocycles. The SMILES string of the molecule is O=S(=O)(NOCC1CC1)c1cc(F)c(F)c(F)c1Nc1ccc(I)cc1Cl. The Morgan fingerprint density at radius 1 is 1.19 bits per heavy atom. The molecule has 146 valence electrons. The van der Waals surface area contributed by atoms with Crippen molar-refractivity contribution in [2.75, 3.05) is 11.9 Å². The van der Waals surface area contributed by atoms with Gasteiger partial charge >= 0.3 is 0 Å². The average molecular weight is 533 g/mol. The Balaban J connectivity index is 1.99. The van der Waals surface area contributed by atoms with Crippen LogP contribution < -0.4 is 10.2 Å².